The molecule has 0 saturated heterocycles. The van der Waals surface area contributed by atoms with E-state index < -0.39 is 0 Å². The van der Waals surface area contributed by atoms with Crippen molar-refractivity contribution in [3.05, 3.63) is 28.8 Å². The van der Waals surface area contributed by atoms with Gasteiger partial charge in [0.2, 0.25) is 0 Å². The maximum Gasteiger partial charge on any atom is 0.0410 e. The first-order chi connectivity index (χ1) is 7.83. The minimum atomic E-state index is 0.528. The molecule has 1 fully saturated rings. The number of thioether (sulfide) groups is 1. The largest absolute Gasteiger partial charge is 0.307 e. The van der Waals surface area contributed by atoms with Crippen molar-refractivity contribution in [2.75, 3.05) is 5.75 Å². The van der Waals surface area contributed by atoms with Gasteiger partial charge in [-0.15, -0.1) is 11.8 Å². The number of halogens is 1. The van der Waals surface area contributed by atoms with Crippen LogP contribution in [0.3, 0.4) is 0 Å². The minimum absolute atomic E-state index is 0.528. The Hall–Kier alpha value is -0.180. The number of nitrogens with one attached hydrogen (secondary N) is 1. The summed E-state index contributed by atoms with van der Waals surface area (Å²) in [5.41, 5.74) is 1.41. The summed E-state index contributed by atoms with van der Waals surface area (Å²) in [7, 11) is 0. The van der Waals surface area contributed by atoms with Crippen molar-refractivity contribution in [1.82, 2.24) is 5.32 Å². The van der Waals surface area contributed by atoms with E-state index in [0.717, 1.165) is 11.1 Å². The molecular weight excluding hydrogens is 238 g/mol. The molecule has 1 saturated carbocycles. The molecule has 1 aliphatic heterocycles. The van der Waals surface area contributed by atoms with Crippen LogP contribution in [0.15, 0.2) is 23.1 Å². The van der Waals surface area contributed by atoms with Crippen molar-refractivity contribution in [3.8, 4) is 0 Å². The van der Waals surface area contributed by atoms with Crippen molar-refractivity contribution >= 4 is 23.4 Å². The highest BCUT2D eigenvalue weighted by Gasteiger charge is 2.26. The molecule has 3 rings (SSSR count). The Morgan fingerprint density at radius 2 is 2.12 bits per heavy atom. The molecule has 3 heteroatoms. The Morgan fingerprint density at radius 3 is 2.88 bits per heavy atom. The molecule has 0 aromatic heterocycles. The van der Waals surface area contributed by atoms with E-state index >= 15 is 0 Å². The molecule has 0 amide bonds. The maximum atomic E-state index is 6.09. The molecule has 1 N–H and O–H groups in total. The first-order valence-corrected chi connectivity index (χ1v) is 7.37. The second-order valence-corrected chi connectivity index (χ2v) is 6.24. The first-order valence-electron chi connectivity index (χ1n) is 6.01. The van der Waals surface area contributed by atoms with Crippen LogP contribution in [0.5, 0.6) is 0 Å². The smallest absolute Gasteiger partial charge is 0.0410 e. The molecular formula is C13H16ClNS. The fraction of sp³-hybridized carbons (Fsp3) is 0.538. The van der Waals surface area contributed by atoms with Gasteiger partial charge in [0.1, 0.15) is 0 Å². The average Bonchev–Trinajstić information content (AvgIpc) is 2.23. The van der Waals surface area contributed by atoms with Crippen LogP contribution in [-0.4, -0.2) is 11.8 Å². The van der Waals surface area contributed by atoms with Crippen molar-refractivity contribution in [2.24, 2.45) is 0 Å². The molecule has 1 nitrogen and oxygen atoms in total. The van der Waals surface area contributed by atoms with Gasteiger partial charge in [0.15, 0.2) is 0 Å². The number of benzene rings is 1. The number of rotatable bonds is 2. The van der Waals surface area contributed by atoms with Crippen molar-refractivity contribution in [2.45, 2.75) is 42.7 Å². The summed E-state index contributed by atoms with van der Waals surface area (Å²) in [6.45, 7) is 0. The minimum Gasteiger partial charge on any atom is -0.307 e. The van der Waals surface area contributed by atoms with Crippen LogP contribution in [0, 0.1) is 0 Å². The van der Waals surface area contributed by atoms with Gasteiger partial charge in [-0.3, -0.25) is 0 Å². The molecule has 1 heterocycles. The Kier molecular flexibility index (Phi) is 3.14. The molecule has 16 heavy (non-hydrogen) atoms. The van der Waals surface area contributed by atoms with E-state index in [0.29, 0.717) is 6.04 Å². The second-order valence-electron chi connectivity index (χ2n) is 4.67. The van der Waals surface area contributed by atoms with Crippen LogP contribution in [0.2, 0.25) is 5.02 Å². The molecule has 86 valence electrons. The van der Waals surface area contributed by atoms with Gasteiger partial charge in [-0.1, -0.05) is 18.0 Å². The highest BCUT2D eigenvalue weighted by atomic mass is 35.5. The van der Waals surface area contributed by atoms with Gasteiger partial charge in [0.05, 0.1) is 0 Å². The van der Waals surface area contributed by atoms with Crippen molar-refractivity contribution in [1.29, 1.82) is 0 Å². The van der Waals surface area contributed by atoms with Gasteiger partial charge in [-0.05, 0) is 48.8 Å². The average molecular weight is 254 g/mol. The lowest BCUT2D eigenvalue weighted by Crippen LogP contribution is -2.38. The maximum absolute atomic E-state index is 6.09. The molecule has 0 bridgehead atoms. The van der Waals surface area contributed by atoms with E-state index in [1.807, 2.05) is 17.8 Å². The predicted molar refractivity (Wildman–Crippen MR) is 70.3 cm³/mol. The van der Waals surface area contributed by atoms with E-state index in [-0.39, 0.29) is 0 Å². The van der Waals surface area contributed by atoms with Crippen LogP contribution in [0.4, 0.5) is 0 Å². The van der Waals surface area contributed by atoms with Gasteiger partial charge in [-0.2, -0.15) is 0 Å². The number of hydrogen-bond donors (Lipinski definition) is 1. The number of hydrogen-bond acceptors (Lipinski definition) is 2. The van der Waals surface area contributed by atoms with Gasteiger partial charge in [-0.25, -0.2) is 0 Å². The fourth-order valence-electron chi connectivity index (χ4n) is 2.40. The Labute approximate surface area is 106 Å². The standard InChI is InChI=1S/C13H16ClNS/c14-9-4-5-13-11(8-9)12(6-7-16-13)15-10-2-1-3-10/h4-5,8,10,12,15H,1-3,6-7H2. The molecule has 0 spiro atoms. The molecule has 1 aliphatic carbocycles. The first kappa shape index (κ1) is 10.9. The predicted octanol–water partition coefficient (Wildman–Crippen LogP) is 4.02. The number of fused-ring (bicyclic) bond motifs is 1. The lowest BCUT2D eigenvalue weighted by Gasteiger charge is -2.34. The third kappa shape index (κ3) is 2.11. The summed E-state index contributed by atoms with van der Waals surface area (Å²) in [5, 5.41) is 4.63. The molecule has 1 unspecified atom stereocenters. The molecule has 1 aromatic carbocycles. The third-order valence-corrected chi connectivity index (χ3v) is 4.91. The topological polar surface area (TPSA) is 12.0 Å². The van der Waals surface area contributed by atoms with Crippen LogP contribution >= 0.6 is 23.4 Å². The summed E-state index contributed by atoms with van der Waals surface area (Å²) in [4.78, 5) is 1.41. The zero-order chi connectivity index (χ0) is 11.0. The zero-order valence-electron chi connectivity index (χ0n) is 9.21. The van der Waals surface area contributed by atoms with E-state index in [1.54, 1.807) is 0 Å². The summed E-state index contributed by atoms with van der Waals surface area (Å²) in [5.74, 6) is 1.22. The highest BCUT2D eigenvalue weighted by Crippen LogP contribution is 2.38. The zero-order valence-corrected chi connectivity index (χ0v) is 10.8. The monoisotopic (exact) mass is 253 g/mol. The molecule has 1 atom stereocenters. The van der Waals surface area contributed by atoms with Gasteiger partial charge >= 0.3 is 0 Å². The van der Waals surface area contributed by atoms with Crippen LogP contribution in [0.1, 0.15) is 37.3 Å². The lowest BCUT2D eigenvalue weighted by atomic mass is 9.91. The third-order valence-electron chi connectivity index (χ3n) is 3.55. The normalized spacial score (nSPS) is 24.9. The van der Waals surface area contributed by atoms with E-state index in [9.17, 15) is 0 Å². The van der Waals surface area contributed by atoms with Crippen LogP contribution in [0.25, 0.3) is 0 Å². The van der Waals surface area contributed by atoms with E-state index in [2.05, 4.69) is 17.4 Å². The van der Waals surface area contributed by atoms with Gasteiger partial charge in [0.25, 0.3) is 0 Å². The summed E-state index contributed by atoms with van der Waals surface area (Å²) in [6, 6.07) is 7.58. The highest BCUT2D eigenvalue weighted by molar-refractivity contribution is 7.99. The van der Waals surface area contributed by atoms with E-state index in [1.165, 1.54) is 41.9 Å². The molecule has 2 aliphatic rings. The van der Waals surface area contributed by atoms with E-state index in [4.69, 9.17) is 11.6 Å². The Morgan fingerprint density at radius 1 is 1.25 bits per heavy atom. The molecule has 1 aromatic rings. The Balaban J connectivity index is 1.83. The Bertz CT molecular complexity index is 390. The summed E-state index contributed by atoms with van der Waals surface area (Å²) >= 11 is 8.04. The molecule has 0 radical (unpaired) electrons. The lowest BCUT2D eigenvalue weighted by molar-refractivity contribution is 0.300. The second kappa shape index (κ2) is 4.59. The van der Waals surface area contributed by atoms with Crippen molar-refractivity contribution < 1.29 is 0 Å². The fourth-order valence-corrected chi connectivity index (χ4v) is 3.68. The quantitative estimate of drug-likeness (QED) is 0.855. The van der Waals surface area contributed by atoms with Gasteiger partial charge < -0.3 is 5.32 Å². The van der Waals surface area contributed by atoms with Crippen LogP contribution in [-0.2, 0) is 0 Å². The van der Waals surface area contributed by atoms with Crippen LogP contribution < -0.4 is 5.32 Å². The summed E-state index contributed by atoms with van der Waals surface area (Å²) in [6.07, 6.45) is 5.31. The summed E-state index contributed by atoms with van der Waals surface area (Å²) < 4.78 is 0. The van der Waals surface area contributed by atoms with Gasteiger partial charge in [0, 0.05) is 22.0 Å². The SMILES string of the molecule is Clc1ccc2c(c1)C(NC1CCC1)CCS2. The van der Waals surface area contributed by atoms with Crippen molar-refractivity contribution in [3.63, 3.8) is 0 Å².